The minimum atomic E-state index is 0.622. The Kier molecular flexibility index (Phi) is 3.09. The Labute approximate surface area is 119 Å². The van der Waals surface area contributed by atoms with Crippen LogP contribution in [0.1, 0.15) is 0 Å². The van der Waals surface area contributed by atoms with Gasteiger partial charge in [-0.3, -0.25) is 0 Å². The molecule has 4 heteroatoms. The molecule has 0 fully saturated rings. The Morgan fingerprint density at radius 2 is 1.74 bits per heavy atom. The number of anilines is 1. The summed E-state index contributed by atoms with van der Waals surface area (Å²) in [6.45, 7) is 0. The lowest BCUT2D eigenvalue weighted by atomic mass is 10.2. The maximum Gasteiger partial charge on any atom is 0.127 e. The quantitative estimate of drug-likeness (QED) is 0.780. The fourth-order valence-electron chi connectivity index (χ4n) is 1.96. The van der Waals surface area contributed by atoms with Crippen molar-refractivity contribution in [1.82, 2.24) is 9.78 Å². The monoisotopic (exact) mass is 313 g/mol. The van der Waals surface area contributed by atoms with Crippen LogP contribution in [0.15, 0.2) is 65.1 Å². The van der Waals surface area contributed by atoms with E-state index in [2.05, 4.69) is 21.0 Å². The first-order valence-corrected chi connectivity index (χ1v) is 6.70. The van der Waals surface area contributed by atoms with Crippen molar-refractivity contribution < 1.29 is 0 Å². The summed E-state index contributed by atoms with van der Waals surface area (Å²) in [4.78, 5) is 0. The Morgan fingerprint density at radius 1 is 0.947 bits per heavy atom. The second-order valence-corrected chi connectivity index (χ2v) is 5.13. The van der Waals surface area contributed by atoms with Gasteiger partial charge in [-0.2, -0.15) is 5.10 Å². The van der Waals surface area contributed by atoms with Crippen LogP contribution >= 0.6 is 15.9 Å². The van der Waals surface area contributed by atoms with E-state index in [1.165, 1.54) is 0 Å². The number of halogens is 1. The fourth-order valence-corrected chi connectivity index (χ4v) is 2.35. The summed E-state index contributed by atoms with van der Waals surface area (Å²) >= 11 is 3.45. The molecule has 0 spiro atoms. The van der Waals surface area contributed by atoms with E-state index in [1.54, 1.807) is 4.68 Å². The predicted molar refractivity (Wildman–Crippen MR) is 81.1 cm³/mol. The van der Waals surface area contributed by atoms with Gasteiger partial charge in [-0.1, -0.05) is 52.3 Å². The van der Waals surface area contributed by atoms with Crippen molar-refractivity contribution in [2.75, 3.05) is 5.73 Å². The lowest BCUT2D eigenvalue weighted by Gasteiger charge is -2.03. The standard InChI is InChI=1S/C15H12BrN3/c16-12-7-4-8-13(9-12)19-15(17)10-14(18-19)11-5-2-1-3-6-11/h1-10H,17H2. The highest BCUT2D eigenvalue weighted by Gasteiger charge is 2.08. The van der Waals surface area contributed by atoms with E-state index in [0.717, 1.165) is 21.4 Å². The maximum atomic E-state index is 6.05. The van der Waals surface area contributed by atoms with Gasteiger partial charge in [-0.25, -0.2) is 4.68 Å². The van der Waals surface area contributed by atoms with E-state index in [0.29, 0.717) is 5.82 Å². The smallest absolute Gasteiger partial charge is 0.127 e. The molecule has 0 saturated carbocycles. The van der Waals surface area contributed by atoms with Crippen molar-refractivity contribution in [3.05, 3.63) is 65.1 Å². The largest absolute Gasteiger partial charge is 0.384 e. The average molecular weight is 314 g/mol. The number of hydrogen-bond donors (Lipinski definition) is 1. The SMILES string of the molecule is Nc1cc(-c2ccccc2)nn1-c1cccc(Br)c1. The summed E-state index contributed by atoms with van der Waals surface area (Å²) in [6, 6.07) is 19.8. The van der Waals surface area contributed by atoms with E-state index in [-0.39, 0.29) is 0 Å². The minimum absolute atomic E-state index is 0.622. The van der Waals surface area contributed by atoms with Crippen LogP contribution in [-0.2, 0) is 0 Å². The van der Waals surface area contributed by atoms with E-state index in [9.17, 15) is 0 Å². The number of nitrogen functional groups attached to an aromatic ring is 1. The first-order chi connectivity index (χ1) is 9.24. The molecule has 94 valence electrons. The second kappa shape index (κ2) is 4.90. The van der Waals surface area contributed by atoms with Crippen molar-refractivity contribution in [1.29, 1.82) is 0 Å². The van der Waals surface area contributed by atoms with E-state index in [4.69, 9.17) is 5.73 Å². The highest BCUT2D eigenvalue weighted by atomic mass is 79.9. The zero-order valence-electron chi connectivity index (χ0n) is 10.1. The van der Waals surface area contributed by atoms with Crippen molar-refractivity contribution in [3.8, 4) is 16.9 Å². The van der Waals surface area contributed by atoms with Crippen molar-refractivity contribution in [2.45, 2.75) is 0 Å². The number of nitrogens with two attached hydrogens (primary N) is 1. The average Bonchev–Trinajstić information content (AvgIpc) is 2.82. The van der Waals surface area contributed by atoms with Gasteiger partial charge >= 0.3 is 0 Å². The summed E-state index contributed by atoms with van der Waals surface area (Å²) in [5.41, 5.74) is 8.92. The Bertz CT molecular complexity index is 704. The van der Waals surface area contributed by atoms with Crippen LogP contribution in [0.3, 0.4) is 0 Å². The third-order valence-electron chi connectivity index (χ3n) is 2.86. The normalized spacial score (nSPS) is 10.6. The van der Waals surface area contributed by atoms with E-state index >= 15 is 0 Å². The van der Waals surface area contributed by atoms with Crippen LogP contribution in [0, 0.1) is 0 Å². The van der Waals surface area contributed by atoms with Crippen LogP contribution in [0.2, 0.25) is 0 Å². The number of benzene rings is 2. The van der Waals surface area contributed by atoms with Crippen LogP contribution in [0.5, 0.6) is 0 Å². The van der Waals surface area contributed by atoms with Crippen molar-refractivity contribution in [2.24, 2.45) is 0 Å². The molecule has 2 N–H and O–H groups in total. The highest BCUT2D eigenvalue weighted by molar-refractivity contribution is 9.10. The predicted octanol–water partition coefficient (Wildman–Crippen LogP) is 3.88. The molecule has 0 unspecified atom stereocenters. The molecule has 0 aliphatic rings. The zero-order valence-corrected chi connectivity index (χ0v) is 11.7. The molecule has 19 heavy (non-hydrogen) atoms. The van der Waals surface area contributed by atoms with Gasteiger partial charge < -0.3 is 5.73 Å². The molecular formula is C15H12BrN3. The van der Waals surface area contributed by atoms with Gasteiger partial charge in [0, 0.05) is 16.1 Å². The van der Waals surface area contributed by atoms with Gasteiger partial charge in [0.1, 0.15) is 5.82 Å². The van der Waals surface area contributed by atoms with E-state index in [1.807, 2.05) is 60.7 Å². The van der Waals surface area contributed by atoms with Gasteiger partial charge in [0.2, 0.25) is 0 Å². The van der Waals surface area contributed by atoms with Crippen LogP contribution in [0.25, 0.3) is 16.9 Å². The first kappa shape index (κ1) is 12.0. The number of nitrogens with zero attached hydrogens (tertiary/aromatic N) is 2. The first-order valence-electron chi connectivity index (χ1n) is 5.91. The number of hydrogen-bond acceptors (Lipinski definition) is 2. The molecule has 0 radical (unpaired) electrons. The van der Waals surface area contributed by atoms with Crippen molar-refractivity contribution >= 4 is 21.7 Å². The molecular weight excluding hydrogens is 302 g/mol. The summed E-state index contributed by atoms with van der Waals surface area (Å²) in [6.07, 6.45) is 0. The minimum Gasteiger partial charge on any atom is -0.384 e. The fraction of sp³-hybridized carbons (Fsp3) is 0. The van der Waals surface area contributed by atoms with Gasteiger partial charge in [-0.05, 0) is 18.2 Å². The topological polar surface area (TPSA) is 43.8 Å². The van der Waals surface area contributed by atoms with Crippen LogP contribution in [-0.4, -0.2) is 9.78 Å². The van der Waals surface area contributed by atoms with Gasteiger partial charge in [0.15, 0.2) is 0 Å². The van der Waals surface area contributed by atoms with Gasteiger partial charge in [0.25, 0.3) is 0 Å². The number of rotatable bonds is 2. The molecule has 0 atom stereocenters. The summed E-state index contributed by atoms with van der Waals surface area (Å²) in [5, 5.41) is 4.56. The molecule has 0 aliphatic carbocycles. The molecule has 0 bridgehead atoms. The van der Waals surface area contributed by atoms with Crippen LogP contribution < -0.4 is 5.73 Å². The van der Waals surface area contributed by atoms with Gasteiger partial charge in [-0.15, -0.1) is 0 Å². The Hall–Kier alpha value is -2.07. The highest BCUT2D eigenvalue weighted by Crippen LogP contribution is 2.23. The molecule has 3 aromatic rings. The lowest BCUT2D eigenvalue weighted by Crippen LogP contribution is -2.01. The molecule has 1 aromatic heterocycles. The van der Waals surface area contributed by atoms with Crippen molar-refractivity contribution in [3.63, 3.8) is 0 Å². The molecule has 0 saturated heterocycles. The second-order valence-electron chi connectivity index (χ2n) is 4.21. The molecule has 1 heterocycles. The molecule has 2 aromatic carbocycles. The lowest BCUT2D eigenvalue weighted by molar-refractivity contribution is 0.894. The summed E-state index contributed by atoms with van der Waals surface area (Å²) in [5.74, 6) is 0.622. The Balaban J connectivity index is 2.08. The Morgan fingerprint density at radius 3 is 2.47 bits per heavy atom. The maximum absolute atomic E-state index is 6.05. The molecule has 0 aliphatic heterocycles. The third kappa shape index (κ3) is 2.39. The van der Waals surface area contributed by atoms with E-state index < -0.39 is 0 Å². The number of aromatic nitrogens is 2. The van der Waals surface area contributed by atoms with Gasteiger partial charge in [0.05, 0.1) is 11.4 Å². The molecule has 3 nitrogen and oxygen atoms in total. The zero-order chi connectivity index (χ0) is 13.2. The third-order valence-corrected chi connectivity index (χ3v) is 3.35. The molecule has 0 amide bonds. The summed E-state index contributed by atoms with van der Waals surface area (Å²) in [7, 11) is 0. The molecule has 3 rings (SSSR count). The van der Waals surface area contributed by atoms with Crippen LogP contribution in [0.4, 0.5) is 5.82 Å². The summed E-state index contributed by atoms with van der Waals surface area (Å²) < 4.78 is 2.74.